The van der Waals surface area contributed by atoms with Crippen LogP contribution in [0.15, 0.2) is 48.5 Å². The minimum atomic E-state index is -0.234. The van der Waals surface area contributed by atoms with Crippen molar-refractivity contribution in [3.05, 3.63) is 54.1 Å². The van der Waals surface area contributed by atoms with Gasteiger partial charge in [-0.25, -0.2) is 0 Å². The summed E-state index contributed by atoms with van der Waals surface area (Å²) in [6.07, 6.45) is 12.5. The Labute approximate surface area is 208 Å². The molecule has 0 radical (unpaired) electrons. The third-order valence-electron chi connectivity index (χ3n) is 7.11. The van der Waals surface area contributed by atoms with Crippen molar-refractivity contribution in [2.45, 2.75) is 91.3 Å². The van der Waals surface area contributed by atoms with Crippen LogP contribution < -0.4 is 4.74 Å². The molecule has 0 saturated carbocycles. The summed E-state index contributed by atoms with van der Waals surface area (Å²) in [7, 11) is 0. The molecule has 0 spiro atoms. The number of hydrogen-bond donors (Lipinski definition) is 0. The number of unbranched alkanes of at least 4 members (excludes halogenated alkanes) is 5. The Hall–Kier alpha value is -1.84. The predicted molar refractivity (Wildman–Crippen MR) is 142 cm³/mol. The maximum absolute atomic E-state index is 6.04. The molecule has 1 aliphatic heterocycles. The lowest BCUT2D eigenvalue weighted by molar-refractivity contribution is -0.206. The Kier molecular flexibility index (Phi) is 12.0. The van der Waals surface area contributed by atoms with E-state index in [1.54, 1.807) is 0 Å². The SMILES string of the molecule is CCCCCC[C@H]1CO[C@H](c2ccc(-c3ccc(OCCCCC[C@@H](C)CC)cc3)cc2)OC1. The Morgan fingerprint density at radius 1 is 0.794 bits per heavy atom. The van der Waals surface area contributed by atoms with Gasteiger partial charge in [-0.05, 0) is 42.0 Å². The minimum absolute atomic E-state index is 0.234. The van der Waals surface area contributed by atoms with Crippen LogP contribution in [0, 0.1) is 11.8 Å². The van der Waals surface area contributed by atoms with Crippen molar-refractivity contribution in [3.63, 3.8) is 0 Å². The first-order valence-electron chi connectivity index (χ1n) is 13.8. The zero-order valence-corrected chi connectivity index (χ0v) is 21.8. The molecule has 3 rings (SSSR count). The van der Waals surface area contributed by atoms with E-state index in [9.17, 15) is 0 Å². The van der Waals surface area contributed by atoms with Gasteiger partial charge in [-0.2, -0.15) is 0 Å². The molecular formula is C31H46O3. The van der Waals surface area contributed by atoms with Gasteiger partial charge in [0.1, 0.15) is 5.75 Å². The van der Waals surface area contributed by atoms with E-state index in [4.69, 9.17) is 14.2 Å². The maximum Gasteiger partial charge on any atom is 0.183 e. The minimum Gasteiger partial charge on any atom is -0.494 e. The van der Waals surface area contributed by atoms with Crippen molar-refractivity contribution >= 4 is 0 Å². The molecule has 0 amide bonds. The Morgan fingerprint density at radius 3 is 2.09 bits per heavy atom. The topological polar surface area (TPSA) is 27.7 Å². The van der Waals surface area contributed by atoms with E-state index in [0.29, 0.717) is 5.92 Å². The average molecular weight is 467 g/mol. The lowest BCUT2D eigenvalue weighted by Crippen LogP contribution is -2.27. The van der Waals surface area contributed by atoms with Gasteiger partial charge in [0, 0.05) is 11.5 Å². The number of rotatable bonds is 15. The van der Waals surface area contributed by atoms with Crippen LogP contribution >= 0.6 is 0 Å². The lowest BCUT2D eigenvalue weighted by Gasteiger charge is -2.29. The van der Waals surface area contributed by atoms with E-state index >= 15 is 0 Å². The normalized spacial score (nSPS) is 19.1. The summed E-state index contributed by atoms with van der Waals surface area (Å²) in [5, 5.41) is 0. The molecule has 0 aromatic heterocycles. The zero-order chi connectivity index (χ0) is 24.0. The van der Waals surface area contributed by atoms with Crippen LogP contribution in [-0.4, -0.2) is 19.8 Å². The fourth-order valence-electron chi connectivity index (χ4n) is 4.50. The third-order valence-corrected chi connectivity index (χ3v) is 7.11. The van der Waals surface area contributed by atoms with Crippen molar-refractivity contribution < 1.29 is 14.2 Å². The first kappa shape index (κ1) is 26.8. The van der Waals surface area contributed by atoms with Crippen LogP contribution in [0.2, 0.25) is 0 Å². The Bertz CT molecular complexity index is 775. The summed E-state index contributed by atoms with van der Waals surface area (Å²) >= 11 is 0. The highest BCUT2D eigenvalue weighted by atomic mass is 16.7. The van der Waals surface area contributed by atoms with E-state index in [1.807, 2.05) is 0 Å². The molecule has 2 aromatic rings. The highest BCUT2D eigenvalue weighted by Gasteiger charge is 2.23. The van der Waals surface area contributed by atoms with E-state index < -0.39 is 0 Å². The van der Waals surface area contributed by atoms with Crippen molar-refractivity contribution in [1.82, 2.24) is 0 Å². The number of ether oxygens (including phenoxy) is 3. The highest BCUT2D eigenvalue weighted by Crippen LogP contribution is 2.30. The highest BCUT2D eigenvalue weighted by molar-refractivity contribution is 5.64. The van der Waals surface area contributed by atoms with Gasteiger partial charge in [-0.3, -0.25) is 0 Å². The van der Waals surface area contributed by atoms with E-state index in [-0.39, 0.29) is 6.29 Å². The van der Waals surface area contributed by atoms with Gasteiger partial charge in [0.25, 0.3) is 0 Å². The predicted octanol–water partition coefficient (Wildman–Crippen LogP) is 8.97. The summed E-state index contributed by atoms with van der Waals surface area (Å²) in [6.45, 7) is 9.28. The molecule has 1 heterocycles. The summed E-state index contributed by atoms with van der Waals surface area (Å²) < 4.78 is 18.0. The van der Waals surface area contributed by atoms with Gasteiger partial charge >= 0.3 is 0 Å². The monoisotopic (exact) mass is 466 g/mol. The van der Waals surface area contributed by atoms with Gasteiger partial charge in [0.15, 0.2) is 6.29 Å². The molecule has 34 heavy (non-hydrogen) atoms. The Balaban J connectivity index is 1.38. The molecule has 1 atom stereocenters. The van der Waals surface area contributed by atoms with E-state index in [2.05, 4.69) is 69.3 Å². The summed E-state index contributed by atoms with van der Waals surface area (Å²) in [5.74, 6) is 2.34. The second-order valence-corrected chi connectivity index (χ2v) is 10.1. The fraction of sp³-hybridized carbons (Fsp3) is 0.613. The van der Waals surface area contributed by atoms with Crippen molar-refractivity contribution in [3.8, 4) is 16.9 Å². The van der Waals surface area contributed by atoms with Crippen molar-refractivity contribution in [1.29, 1.82) is 0 Å². The first-order chi connectivity index (χ1) is 16.7. The Morgan fingerprint density at radius 2 is 1.44 bits per heavy atom. The third kappa shape index (κ3) is 9.07. The second kappa shape index (κ2) is 15.2. The zero-order valence-electron chi connectivity index (χ0n) is 21.8. The van der Waals surface area contributed by atoms with Gasteiger partial charge in [-0.1, -0.05) is 109 Å². The summed E-state index contributed by atoms with van der Waals surface area (Å²) in [5.41, 5.74) is 3.50. The molecule has 0 bridgehead atoms. The summed E-state index contributed by atoms with van der Waals surface area (Å²) in [6, 6.07) is 17.0. The molecule has 0 N–H and O–H groups in total. The molecular weight excluding hydrogens is 420 g/mol. The number of benzene rings is 2. The molecule has 0 unspecified atom stereocenters. The standard InChI is InChI=1S/C31H46O3/c1-4-6-7-10-13-26-23-33-31(34-24-26)29-16-14-27(15-17-29)28-18-20-30(21-19-28)32-22-11-8-9-12-25(3)5-2/h14-21,25-26,31H,4-13,22-24H2,1-3H3/t25-,26-,31-/m0/s1. The first-order valence-corrected chi connectivity index (χ1v) is 13.8. The molecule has 188 valence electrons. The van der Waals surface area contributed by atoms with Crippen LogP contribution in [0.25, 0.3) is 11.1 Å². The molecule has 3 heteroatoms. The second-order valence-electron chi connectivity index (χ2n) is 10.1. The quantitative estimate of drug-likeness (QED) is 0.245. The van der Waals surface area contributed by atoms with Gasteiger partial charge in [0.05, 0.1) is 19.8 Å². The van der Waals surface area contributed by atoms with Gasteiger partial charge in [0.2, 0.25) is 0 Å². The van der Waals surface area contributed by atoms with Crippen LogP contribution in [-0.2, 0) is 9.47 Å². The van der Waals surface area contributed by atoms with E-state index in [1.165, 1.54) is 68.9 Å². The average Bonchev–Trinajstić information content (AvgIpc) is 2.89. The molecule has 2 aromatic carbocycles. The van der Waals surface area contributed by atoms with Crippen molar-refractivity contribution in [2.24, 2.45) is 11.8 Å². The van der Waals surface area contributed by atoms with Crippen LogP contribution in [0.4, 0.5) is 0 Å². The number of hydrogen-bond acceptors (Lipinski definition) is 3. The van der Waals surface area contributed by atoms with Crippen LogP contribution in [0.5, 0.6) is 5.75 Å². The van der Waals surface area contributed by atoms with Crippen molar-refractivity contribution in [2.75, 3.05) is 19.8 Å². The smallest absolute Gasteiger partial charge is 0.183 e. The molecule has 3 nitrogen and oxygen atoms in total. The van der Waals surface area contributed by atoms with Crippen LogP contribution in [0.3, 0.4) is 0 Å². The molecule has 1 fully saturated rings. The summed E-state index contributed by atoms with van der Waals surface area (Å²) in [4.78, 5) is 0. The largest absolute Gasteiger partial charge is 0.494 e. The molecule has 0 aliphatic carbocycles. The van der Waals surface area contributed by atoms with Crippen LogP contribution in [0.1, 0.15) is 96.8 Å². The molecule has 1 aliphatic rings. The fourth-order valence-corrected chi connectivity index (χ4v) is 4.50. The maximum atomic E-state index is 6.04. The lowest BCUT2D eigenvalue weighted by atomic mass is 10.0. The van der Waals surface area contributed by atoms with Gasteiger partial charge < -0.3 is 14.2 Å². The molecule has 1 saturated heterocycles. The van der Waals surface area contributed by atoms with Gasteiger partial charge in [-0.15, -0.1) is 0 Å². The van der Waals surface area contributed by atoms with E-state index in [0.717, 1.165) is 43.5 Å².